The second kappa shape index (κ2) is 5.09. The van der Waals surface area contributed by atoms with Gasteiger partial charge in [0.15, 0.2) is 0 Å². The van der Waals surface area contributed by atoms with Crippen molar-refractivity contribution in [3.05, 3.63) is 47.1 Å². The number of carbonyl (C=O) groups excluding carboxylic acids is 2. The van der Waals surface area contributed by atoms with Gasteiger partial charge in [-0.3, -0.25) is 14.8 Å². The van der Waals surface area contributed by atoms with E-state index in [1.807, 2.05) is 45.1 Å². The lowest BCUT2D eigenvalue weighted by molar-refractivity contribution is -0.136. The lowest BCUT2D eigenvalue weighted by Crippen LogP contribution is -2.53. The highest BCUT2D eigenvalue weighted by Gasteiger charge is 2.34. The molecular formula is C15H18N2O3. The number of carbonyl (C=O) groups is 2. The Balaban J connectivity index is 2.21. The molecule has 0 bridgehead atoms. The Hall–Kier alpha value is -2.14. The van der Waals surface area contributed by atoms with E-state index in [9.17, 15) is 9.59 Å². The molecule has 5 nitrogen and oxygen atoms in total. The highest BCUT2D eigenvalue weighted by molar-refractivity contribution is 6.02. The maximum Gasteiger partial charge on any atom is 0.266 e. The first-order chi connectivity index (χ1) is 9.34. The number of nitrogens with one attached hydrogen (secondary N) is 2. The molecule has 2 aliphatic rings. The zero-order valence-electron chi connectivity index (χ0n) is 11.7. The smallest absolute Gasteiger partial charge is 0.266 e. The maximum atomic E-state index is 12.3. The van der Waals surface area contributed by atoms with E-state index in [1.165, 1.54) is 0 Å². The van der Waals surface area contributed by atoms with Gasteiger partial charge in [0.05, 0.1) is 0 Å². The minimum absolute atomic E-state index is 0.324. The van der Waals surface area contributed by atoms with Crippen molar-refractivity contribution in [3.63, 3.8) is 0 Å². The number of hydroxylamine groups is 1. The first-order valence-electron chi connectivity index (χ1n) is 6.40. The third-order valence-electron chi connectivity index (χ3n) is 3.33. The van der Waals surface area contributed by atoms with Gasteiger partial charge in [-0.1, -0.05) is 45.1 Å². The summed E-state index contributed by atoms with van der Waals surface area (Å²) in [5.74, 6) is -0.953. The van der Waals surface area contributed by atoms with E-state index in [4.69, 9.17) is 5.21 Å². The molecule has 0 aliphatic heterocycles. The van der Waals surface area contributed by atoms with Crippen molar-refractivity contribution in [3.8, 4) is 0 Å². The molecule has 20 heavy (non-hydrogen) atoms. The second-order valence-corrected chi connectivity index (χ2v) is 5.89. The minimum Gasteiger partial charge on any atom is -0.340 e. The number of hydrogen-bond acceptors (Lipinski definition) is 3. The van der Waals surface area contributed by atoms with Crippen molar-refractivity contribution >= 4 is 11.8 Å². The lowest BCUT2D eigenvalue weighted by Gasteiger charge is -2.29. The second-order valence-electron chi connectivity index (χ2n) is 5.89. The van der Waals surface area contributed by atoms with Gasteiger partial charge in [-0.05, 0) is 22.6 Å². The predicted octanol–water partition coefficient (Wildman–Crippen LogP) is 1.39. The highest BCUT2D eigenvalue weighted by Crippen LogP contribution is 2.30. The molecule has 3 N–H and O–H groups in total. The molecule has 0 aromatic heterocycles. The van der Waals surface area contributed by atoms with Crippen LogP contribution in [0, 0.1) is 5.41 Å². The molecule has 2 amide bonds. The summed E-state index contributed by atoms with van der Waals surface area (Å²) in [6, 6.07) is -0.820. The number of amides is 2. The van der Waals surface area contributed by atoms with Crippen LogP contribution in [0.25, 0.3) is 0 Å². The van der Waals surface area contributed by atoms with Crippen LogP contribution in [0.1, 0.15) is 20.8 Å². The Morgan fingerprint density at radius 1 is 1.20 bits per heavy atom. The fourth-order valence-electron chi connectivity index (χ4n) is 2.23. The number of rotatable bonds is 3. The van der Waals surface area contributed by atoms with Crippen LogP contribution >= 0.6 is 0 Å². The number of hydrogen-bond donors (Lipinski definition) is 3. The summed E-state index contributed by atoms with van der Waals surface area (Å²) < 4.78 is 0. The Bertz CT molecular complexity index is 574. The fraction of sp³-hybridized carbons (Fsp3) is 0.333. The third-order valence-corrected chi connectivity index (χ3v) is 3.33. The largest absolute Gasteiger partial charge is 0.340 e. The first kappa shape index (κ1) is 14.3. The van der Waals surface area contributed by atoms with Crippen LogP contribution in [0.2, 0.25) is 0 Å². The molecule has 0 aromatic rings. The molecule has 0 aromatic carbocycles. The average molecular weight is 274 g/mol. The molecule has 0 saturated heterocycles. The van der Waals surface area contributed by atoms with E-state index in [-0.39, 0.29) is 5.91 Å². The molecule has 0 heterocycles. The standard InChI is InChI=1S/C15H18N2O3/c1-15(2,3)12(14(19)17-20)16-13(18)11-8-7-9-5-4-6-10(9)11/h4-8,12,20H,1-3H3,(H,16,18)(H,17,19)/t12-/m1/s1. The molecule has 2 rings (SSSR count). The summed E-state index contributed by atoms with van der Waals surface area (Å²) in [7, 11) is 0. The molecular weight excluding hydrogens is 256 g/mol. The summed E-state index contributed by atoms with van der Waals surface area (Å²) in [6.07, 6.45) is 9.26. The van der Waals surface area contributed by atoms with Crippen LogP contribution in [-0.2, 0) is 9.59 Å². The quantitative estimate of drug-likeness (QED) is 0.537. The van der Waals surface area contributed by atoms with E-state index in [2.05, 4.69) is 5.32 Å². The van der Waals surface area contributed by atoms with Gasteiger partial charge in [0.25, 0.3) is 11.8 Å². The van der Waals surface area contributed by atoms with Gasteiger partial charge in [-0.15, -0.1) is 0 Å². The van der Waals surface area contributed by atoms with Crippen LogP contribution in [-0.4, -0.2) is 23.1 Å². The molecule has 1 atom stereocenters. The minimum atomic E-state index is -0.820. The first-order valence-corrected chi connectivity index (χ1v) is 6.40. The molecule has 0 spiro atoms. The highest BCUT2D eigenvalue weighted by atomic mass is 16.5. The van der Waals surface area contributed by atoms with Crippen molar-refractivity contribution in [2.75, 3.05) is 0 Å². The van der Waals surface area contributed by atoms with E-state index < -0.39 is 17.4 Å². The van der Waals surface area contributed by atoms with Gasteiger partial charge in [0, 0.05) is 5.57 Å². The van der Waals surface area contributed by atoms with E-state index in [1.54, 1.807) is 11.6 Å². The zero-order chi connectivity index (χ0) is 14.9. The average Bonchev–Trinajstić information content (AvgIpc) is 2.95. The van der Waals surface area contributed by atoms with Gasteiger partial charge >= 0.3 is 0 Å². The summed E-state index contributed by atoms with van der Waals surface area (Å²) in [4.78, 5) is 24.0. The van der Waals surface area contributed by atoms with Gasteiger partial charge in [-0.2, -0.15) is 0 Å². The normalized spacial score (nSPS) is 17.9. The molecule has 2 aliphatic carbocycles. The van der Waals surface area contributed by atoms with Crippen LogP contribution in [0.3, 0.4) is 0 Å². The van der Waals surface area contributed by atoms with Crippen molar-refractivity contribution in [2.45, 2.75) is 26.8 Å². The van der Waals surface area contributed by atoms with Crippen LogP contribution in [0.4, 0.5) is 0 Å². The Morgan fingerprint density at radius 3 is 2.50 bits per heavy atom. The third kappa shape index (κ3) is 2.58. The predicted molar refractivity (Wildman–Crippen MR) is 74.7 cm³/mol. The summed E-state index contributed by atoms with van der Waals surface area (Å²) in [5, 5.41) is 11.5. The molecule has 0 unspecified atom stereocenters. The van der Waals surface area contributed by atoms with Gasteiger partial charge in [-0.25, -0.2) is 5.48 Å². The number of allylic oxidation sites excluding steroid dienone is 6. The van der Waals surface area contributed by atoms with Crippen molar-refractivity contribution in [1.29, 1.82) is 0 Å². The number of fused-ring (bicyclic) bond motifs is 1. The lowest BCUT2D eigenvalue weighted by atomic mass is 9.86. The fourth-order valence-corrected chi connectivity index (χ4v) is 2.23. The molecule has 0 radical (unpaired) electrons. The topological polar surface area (TPSA) is 78.4 Å². The molecule has 5 heteroatoms. The van der Waals surface area contributed by atoms with Gasteiger partial charge in [0.2, 0.25) is 0 Å². The van der Waals surface area contributed by atoms with Crippen molar-refractivity contribution < 1.29 is 14.8 Å². The molecule has 0 fully saturated rings. The zero-order valence-corrected chi connectivity index (χ0v) is 11.7. The molecule has 0 saturated carbocycles. The summed E-state index contributed by atoms with van der Waals surface area (Å²) in [5.41, 5.74) is 3.47. The Morgan fingerprint density at radius 2 is 1.90 bits per heavy atom. The van der Waals surface area contributed by atoms with Crippen LogP contribution < -0.4 is 10.8 Å². The molecule has 106 valence electrons. The van der Waals surface area contributed by atoms with E-state index >= 15 is 0 Å². The van der Waals surface area contributed by atoms with Crippen molar-refractivity contribution in [1.82, 2.24) is 10.8 Å². The van der Waals surface area contributed by atoms with Gasteiger partial charge in [0.1, 0.15) is 6.04 Å². The van der Waals surface area contributed by atoms with Crippen molar-refractivity contribution in [2.24, 2.45) is 5.41 Å². The Labute approximate surface area is 117 Å². The summed E-state index contributed by atoms with van der Waals surface area (Å²) in [6.45, 7) is 5.45. The monoisotopic (exact) mass is 274 g/mol. The summed E-state index contributed by atoms with van der Waals surface area (Å²) >= 11 is 0. The van der Waals surface area contributed by atoms with E-state index in [0.29, 0.717) is 5.57 Å². The maximum absolute atomic E-state index is 12.3. The Kier molecular flexibility index (Phi) is 3.63. The van der Waals surface area contributed by atoms with Gasteiger partial charge < -0.3 is 5.32 Å². The SMILES string of the molecule is CC(C)(C)[C@H](NC(=O)C1=C2C=CC=C2C=C1)C(=O)NO. The van der Waals surface area contributed by atoms with E-state index in [0.717, 1.165) is 11.1 Å². The van der Waals surface area contributed by atoms with Crippen LogP contribution in [0.5, 0.6) is 0 Å². The van der Waals surface area contributed by atoms with Crippen LogP contribution in [0.15, 0.2) is 47.1 Å².